The van der Waals surface area contributed by atoms with E-state index in [0.29, 0.717) is 18.4 Å². The monoisotopic (exact) mass is 263 g/mol. The van der Waals surface area contributed by atoms with Gasteiger partial charge in [0.2, 0.25) is 0 Å². The van der Waals surface area contributed by atoms with E-state index in [9.17, 15) is 14.4 Å². The molecule has 0 saturated carbocycles. The molecule has 1 rings (SSSR count). The van der Waals surface area contributed by atoms with Crippen molar-refractivity contribution in [1.82, 2.24) is 0 Å². The number of hydrogen-bond donors (Lipinski definition) is 2. The number of carbonyl (C=O) groups is 3. The van der Waals surface area contributed by atoms with Gasteiger partial charge < -0.3 is 10.8 Å². The third-order valence-corrected chi connectivity index (χ3v) is 2.75. The molecule has 0 spiro atoms. The summed E-state index contributed by atoms with van der Waals surface area (Å²) >= 11 is 0. The number of aliphatic carboxylic acids is 1. The highest BCUT2D eigenvalue weighted by Gasteiger charge is 2.12. The van der Waals surface area contributed by atoms with E-state index in [2.05, 4.69) is 0 Å². The molecule has 1 aromatic rings. The topological polar surface area (TPSA) is 97.5 Å². The van der Waals surface area contributed by atoms with Crippen LogP contribution in [0, 0.1) is 0 Å². The molecule has 102 valence electrons. The van der Waals surface area contributed by atoms with Gasteiger partial charge in [0.1, 0.15) is 11.8 Å². The van der Waals surface area contributed by atoms with Gasteiger partial charge in [-0.05, 0) is 25.3 Å². The van der Waals surface area contributed by atoms with Gasteiger partial charge in [-0.3, -0.25) is 14.4 Å². The first kappa shape index (κ1) is 15.0. The largest absolute Gasteiger partial charge is 0.480 e. The molecule has 0 amide bonds. The summed E-state index contributed by atoms with van der Waals surface area (Å²) < 4.78 is 0. The molecule has 0 radical (unpaired) electrons. The van der Waals surface area contributed by atoms with Gasteiger partial charge in [-0.15, -0.1) is 0 Å². The zero-order valence-corrected chi connectivity index (χ0v) is 10.8. The summed E-state index contributed by atoms with van der Waals surface area (Å²) in [4.78, 5) is 33.0. The van der Waals surface area contributed by atoms with Gasteiger partial charge in [0, 0.05) is 5.56 Å². The zero-order valence-electron chi connectivity index (χ0n) is 10.8. The van der Waals surface area contributed by atoms with Crippen LogP contribution in [0.2, 0.25) is 0 Å². The predicted molar refractivity (Wildman–Crippen MR) is 70.0 cm³/mol. The Hall–Kier alpha value is -2.01. The van der Waals surface area contributed by atoms with E-state index < -0.39 is 12.0 Å². The van der Waals surface area contributed by atoms with E-state index >= 15 is 0 Å². The van der Waals surface area contributed by atoms with Crippen LogP contribution in [0.5, 0.6) is 0 Å². The van der Waals surface area contributed by atoms with Gasteiger partial charge in [-0.25, -0.2) is 0 Å². The number of carboxylic acid groups (broad SMARTS) is 1. The van der Waals surface area contributed by atoms with E-state index in [4.69, 9.17) is 10.8 Å². The number of carboxylic acids is 1. The van der Waals surface area contributed by atoms with Crippen LogP contribution in [0.15, 0.2) is 24.3 Å². The molecule has 0 heterocycles. The molecule has 1 aromatic carbocycles. The molecule has 0 aliphatic carbocycles. The number of hydrogen-bond acceptors (Lipinski definition) is 4. The van der Waals surface area contributed by atoms with Gasteiger partial charge in [-0.1, -0.05) is 24.3 Å². The standard InChI is InChI=1S/C14H17NO4/c1-9(16)8-13(17)11-5-2-10(3-6-11)4-7-12(15)14(18)19/h2-3,5-6,12H,4,7-8,15H2,1H3,(H,18,19). The smallest absolute Gasteiger partial charge is 0.320 e. The fourth-order valence-corrected chi connectivity index (χ4v) is 1.63. The number of ketones is 2. The van der Waals surface area contributed by atoms with Gasteiger partial charge in [0.25, 0.3) is 0 Å². The zero-order chi connectivity index (χ0) is 14.4. The van der Waals surface area contributed by atoms with Crippen LogP contribution in [0.4, 0.5) is 0 Å². The maximum absolute atomic E-state index is 11.6. The molecule has 5 heteroatoms. The molecule has 0 aromatic heterocycles. The van der Waals surface area contributed by atoms with Crippen molar-refractivity contribution in [3.63, 3.8) is 0 Å². The number of rotatable bonds is 7. The maximum Gasteiger partial charge on any atom is 0.320 e. The van der Waals surface area contributed by atoms with Gasteiger partial charge in [-0.2, -0.15) is 0 Å². The van der Waals surface area contributed by atoms with Crippen molar-refractivity contribution in [1.29, 1.82) is 0 Å². The Labute approximate surface area is 111 Å². The molecule has 19 heavy (non-hydrogen) atoms. The van der Waals surface area contributed by atoms with E-state index in [0.717, 1.165) is 5.56 Å². The van der Waals surface area contributed by atoms with Crippen LogP contribution in [0.25, 0.3) is 0 Å². The first-order chi connectivity index (χ1) is 8.90. The summed E-state index contributed by atoms with van der Waals surface area (Å²) in [6.45, 7) is 1.37. The highest BCUT2D eigenvalue weighted by atomic mass is 16.4. The molecule has 1 atom stereocenters. The van der Waals surface area contributed by atoms with E-state index in [-0.39, 0.29) is 18.0 Å². The number of carbonyl (C=O) groups excluding carboxylic acids is 2. The van der Waals surface area contributed by atoms with Crippen LogP contribution in [-0.2, 0) is 16.0 Å². The van der Waals surface area contributed by atoms with Crippen LogP contribution < -0.4 is 5.73 Å². The minimum atomic E-state index is -1.02. The molecule has 0 aliphatic rings. The summed E-state index contributed by atoms with van der Waals surface area (Å²) in [7, 11) is 0. The van der Waals surface area contributed by atoms with Crippen molar-refractivity contribution in [2.45, 2.75) is 32.2 Å². The van der Waals surface area contributed by atoms with Crippen molar-refractivity contribution < 1.29 is 19.5 Å². The normalized spacial score (nSPS) is 11.9. The third kappa shape index (κ3) is 5.01. The molecule has 3 N–H and O–H groups in total. The lowest BCUT2D eigenvalue weighted by atomic mass is 10.0. The molecule has 5 nitrogen and oxygen atoms in total. The van der Waals surface area contributed by atoms with Gasteiger partial charge in [0.15, 0.2) is 5.78 Å². The second-order valence-electron chi connectivity index (χ2n) is 4.48. The Kier molecular flexibility index (Phi) is 5.38. The van der Waals surface area contributed by atoms with Crippen LogP contribution in [0.3, 0.4) is 0 Å². The molecule has 0 saturated heterocycles. The predicted octanol–water partition coefficient (Wildman–Crippen LogP) is 1.19. The average molecular weight is 263 g/mol. The van der Waals surface area contributed by atoms with Crippen molar-refractivity contribution >= 4 is 17.5 Å². The third-order valence-electron chi connectivity index (χ3n) is 2.75. The Bertz CT molecular complexity index is 479. The Morgan fingerprint density at radius 3 is 2.26 bits per heavy atom. The fraction of sp³-hybridized carbons (Fsp3) is 0.357. The van der Waals surface area contributed by atoms with Gasteiger partial charge >= 0.3 is 5.97 Å². The summed E-state index contributed by atoms with van der Waals surface area (Å²) in [5.41, 5.74) is 6.81. The summed E-state index contributed by atoms with van der Waals surface area (Å²) in [5.74, 6) is -1.39. The Balaban J connectivity index is 2.59. The first-order valence-corrected chi connectivity index (χ1v) is 6.00. The van der Waals surface area contributed by atoms with Crippen LogP contribution >= 0.6 is 0 Å². The number of benzene rings is 1. The van der Waals surface area contributed by atoms with Crippen LogP contribution in [0.1, 0.15) is 35.7 Å². The Morgan fingerprint density at radius 2 is 1.79 bits per heavy atom. The number of nitrogens with two attached hydrogens (primary N) is 1. The van der Waals surface area contributed by atoms with Crippen molar-refractivity contribution in [3.05, 3.63) is 35.4 Å². The van der Waals surface area contributed by atoms with E-state index in [1.54, 1.807) is 24.3 Å². The van der Waals surface area contributed by atoms with E-state index in [1.165, 1.54) is 6.92 Å². The van der Waals surface area contributed by atoms with Gasteiger partial charge in [0.05, 0.1) is 6.42 Å². The summed E-state index contributed by atoms with van der Waals surface area (Å²) in [6.07, 6.45) is 0.786. The quantitative estimate of drug-likeness (QED) is 0.569. The van der Waals surface area contributed by atoms with Crippen molar-refractivity contribution in [3.8, 4) is 0 Å². The molecule has 0 aliphatic heterocycles. The number of aryl methyl sites for hydroxylation is 1. The first-order valence-electron chi connectivity index (χ1n) is 6.00. The lowest BCUT2D eigenvalue weighted by Gasteiger charge is -2.06. The Morgan fingerprint density at radius 1 is 1.21 bits per heavy atom. The average Bonchev–Trinajstić information content (AvgIpc) is 2.35. The highest BCUT2D eigenvalue weighted by molar-refractivity contribution is 6.07. The molecular formula is C14H17NO4. The lowest BCUT2D eigenvalue weighted by molar-refractivity contribution is -0.138. The maximum atomic E-state index is 11.6. The molecule has 1 unspecified atom stereocenters. The van der Waals surface area contributed by atoms with Crippen molar-refractivity contribution in [2.24, 2.45) is 5.73 Å². The second kappa shape index (κ2) is 6.80. The molecule has 0 fully saturated rings. The van der Waals surface area contributed by atoms with E-state index in [1.807, 2.05) is 0 Å². The second-order valence-corrected chi connectivity index (χ2v) is 4.48. The molecule has 0 bridgehead atoms. The van der Waals surface area contributed by atoms with Crippen LogP contribution in [-0.4, -0.2) is 28.7 Å². The fourth-order valence-electron chi connectivity index (χ4n) is 1.63. The minimum Gasteiger partial charge on any atom is -0.480 e. The SMILES string of the molecule is CC(=O)CC(=O)c1ccc(CCC(N)C(=O)O)cc1. The molecular weight excluding hydrogens is 246 g/mol. The lowest BCUT2D eigenvalue weighted by Crippen LogP contribution is -2.30. The minimum absolute atomic E-state index is 0.0940. The number of Topliss-reactive ketones (excluding diaryl/α,β-unsaturated/α-hetero) is 2. The summed E-state index contributed by atoms with van der Waals surface area (Å²) in [6, 6.07) is 5.92. The summed E-state index contributed by atoms with van der Waals surface area (Å²) in [5, 5.41) is 8.66. The highest BCUT2D eigenvalue weighted by Crippen LogP contribution is 2.10. The van der Waals surface area contributed by atoms with Crippen molar-refractivity contribution in [2.75, 3.05) is 0 Å².